The molecule has 0 spiro atoms. The Morgan fingerprint density at radius 2 is 2.03 bits per heavy atom. The van der Waals surface area contributed by atoms with Gasteiger partial charge < -0.3 is 34.3 Å². The SMILES string of the molecule is COc1cccc(Oc2cc(O)n([C@@H](CC3CCOCC3)C(=O)Nc3ccn(CC(C)(C)O)n3)c2)c1Cl. The highest BCUT2D eigenvalue weighted by atomic mass is 35.5. The van der Waals surface area contributed by atoms with E-state index in [0.717, 1.165) is 12.8 Å². The van der Waals surface area contributed by atoms with Gasteiger partial charge >= 0.3 is 0 Å². The monoisotopic (exact) mass is 532 g/mol. The Hall–Kier alpha value is -3.21. The van der Waals surface area contributed by atoms with Crippen LogP contribution in [0.25, 0.3) is 0 Å². The second-order valence-corrected chi connectivity index (χ2v) is 10.2. The van der Waals surface area contributed by atoms with Crippen LogP contribution < -0.4 is 14.8 Å². The van der Waals surface area contributed by atoms with Crippen LogP contribution in [0.4, 0.5) is 5.82 Å². The number of aliphatic hydroxyl groups is 1. The van der Waals surface area contributed by atoms with Crippen LogP contribution in [0.1, 0.15) is 39.2 Å². The highest BCUT2D eigenvalue weighted by Crippen LogP contribution is 2.39. The summed E-state index contributed by atoms with van der Waals surface area (Å²) in [5.41, 5.74) is -0.947. The number of anilines is 1. The fourth-order valence-corrected chi connectivity index (χ4v) is 4.61. The fraction of sp³-hybridized carbons (Fsp3) is 0.462. The molecule has 200 valence electrons. The van der Waals surface area contributed by atoms with Gasteiger partial charge in [0.05, 0.1) is 25.5 Å². The van der Waals surface area contributed by atoms with Gasteiger partial charge in [0, 0.05) is 31.5 Å². The predicted molar refractivity (Wildman–Crippen MR) is 139 cm³/mol. The molecule has 11 heteroatoms. The maximum atomic E-state index is 13.5. The van der Waals surface area contributed by atoms with Gasteiger partial charge in [-0.1, -0.05) is 17.7 Å². The lowest BCUT2D eigenvalue weighted by Gasteiger charge is -2.27. The van der Waals surface area contributed by atoms with E-state index in [1.165, 1.54) is 17.7 Å². The quantitative estimate of drug-likeness (QED) is 0.348. The molecule has 2 aromatic heterocycles. The van der Waals surface area contributed by atoms with E-state index < -0.39 is 11.6 Å². The Bertz CT molecular complexity index is 1210. The summed E-state index contributed by atoms with van der Waals surface area (Å²) < 4.78 is 19.7. The summed E-state index contributed by atoms with van der Waals surface area (Å²) in [4.78, 5) is 13.5. The molecule has 1 atom stereocenters. The Kier molecular flexibility index (Phi) is 8.31. The minimum absolute atomic E-state index is 0.117. The average molecular weight is 533 g/mol. The van der Waals surface area contributed by atoms with Crippen molar-refractivity contribution in [3.63, 3.8) is 0 Å². The van der Waals surface area contributed by atoms with Gasteiger partial charge in [-0.2, -0.15) is 5.10 Å². The van der Waals surface area contributed by atoms with Gasteiger partial charge in [-0.15, -0.1) is 0 Å². The number of nitrogens with zero attached hydrogens (tertiary/aromatic N) is 3. The first-order valence-electron chi connectivity index (χ1n) is 12.2. The van der Waals surface area contributed by atoms with E-state index >= 15 is 0 Å². The number of nitrogens with one attached hydrogen (secondary N) is 1. The lowest BCUT2D eigenvalue weighted by Crippen LogP contribution is -2.30. The van der Waals surface area contributed by atoms with E-state index in [0.29, 0.717) is 47.7 Å². The number of aromatic hydroxyl groups is 1. The molecule has 0 radical (unpaired) electrons. The summed E-state index contributed by atoms with van der Waals surface area (Å²) in [7, 11) is 1.51. The lowest BCUT2D eigenvalue weighted by molar-refractivity contribution is -0.120. The minimum atomic E-state index is -0.947. The summed E-state index contributed by atoms with van der Waals surface area (Å²) in [6.45, 7) is 4.93. The van der Waals surface area contributed by atoms with Crippen LogP contribution in [0.2, 0.25) is 5.02 Å². The molecule has 37 heavy (non-hydrogen) atoms. The fourth-order valence-electron chi connectivity index (χ4n) is 4.37. The number of ether oxygens (including phenoxy) is 3. The molecule has 4 rings (SSSR count). The largest absolute Gasteiger partial charge is 0.495 e. The molecule has 1 aliphatic rings. The van der Waals surface area contributed by atoms with E-state index in [4.69, 9.17) is 25.8 Å². The molecule has 3 heterocycles. The number of hydrogen-bond donors (Lipinski definition) is 3. The first kappa shape index (κ1) is 26.8. The van der Waals surface area contributed by atoms with Gasteiger partial charge in [-0.05, 0) is 51.2 Å². The second kappa shape index (κ2) is 11.5. The van der Waals surface area contributed by atoms with E-state index in [1.54, 1.807) is 55.2 Å². The number of methoxy groups -OCH3 is 1. The Morgan fingerprint density at radius 1 is 1.30 bits per heavy atom. The smallest absolute Gasteiger partial charge is 0.248 e. The number of carbonyl (C=O) groups excluding carboxylic acids is 1. The average Bonchev–Trinajstić information content (AvgIpc) is 3.43. The zero-order valence-corrected chi connectivity index (χ0v) is 21.9. The lowest BCUT2D eigenvalue weighted by atomic mass is 9.92. The molecule has 10 nitrogen and oxygen atoms in total. The molecule has 1 fully saturated rings. The number of rotatable bonds is 10. The van der Waals surface area contributed by atoms with Crippen LogP contribution >= 0.6 is 11.6 Å². The van der Waals surface area contributed by atoms with Crippen LogP contribution in [-0.4, -0.2) is 56.4 Å². The van der Waals surface area contributed by atoms with Crippen molar-refractivity contribution in [3.05, 3.63) is 47.7 Å². The zero-order chi connectivity index (χ0) is 26.6. The van der Waals surface area contributed by atoms with Gasteiger partial charge in [-0.25, -0.2) is 0 Å². The normalized spacial score (nSPS) is 15.4. The van der Waals surface area contributed by atoms with Crippen molar-refractivity contribution in [3.8, 4) is 23.1 Å². The Balaban J connectivity index is 1.56. The van der Waals surface area contributed by atoms with Gasteiger partial charge in [-0.3, -0.25) is 9.48 Å². The van der Waals surface area contributed by atoms with Crippen molar-refractivity contribution in [1.29, 1.82) is 0 Å². The molecule has 0 saturated carbocycles. The molecule has 1 aliphatic heterocycles. The summed E-state index contributed by atoms with van der Waals surface area (Å²) in [5.74, 6) is 1.32. The molecule has 1 aromatic carbocycles. The van der Waals surface area contributed by atoms with Gasteiger partial charge in [0.1, 0.15) is 28.3 Å². The molecule has 3 N–H and O–H groups in total. The highest BCUT2D eigenvalue weighted by molar-refractivity contribution is 6.33. The molecular formula is C26H33ClN4O6. The molecule has 0 aliphatic carbocycles. The van der Waals surface area contributed by atoms with Crippen LogP contribution in [0.3, 0.4) is 0 Å². The number of amides is 1. The Labute approximate surface area is 220 Å². The number of hydrogen-bond acceptors (Lipinski definition) is 7. The molecule has 0 unspecified atom stereocenters. The summed E-state index contributed by atoms with van der Waals surface area (Å²) in [5, 5.41) is 28.4. The second-order valence-electron chi connectivity index (χ2n) is 9.82. The molecule has 0 bridgehead atoms. The predicted octanol–water partition coefficient (Wildman–Crippen LogP) is 4.61. The molecule has 1 amide bonds. The van der Waals surface area contributed by atoms with Gasteiger partial charge in [0.2, 0.25) is 5.91 Å². The van der Waals surface area contributed by atoms with E-state index in [-0.39, 0.29) is 24.2 Å². The van der Waals surface area contributed by atoms with Crippen molar-refractivity contribution < 1.29 is 29.2 Å². The third kappa shape index (κ3) is 6.97. The number of aromatic nitrogens is 3. The Morgan fingerprint density at radius 3 is 2.73 bits per heavy atom. The molecule has 1 saturated heterocycles. The zero-order valence-electron chi connectivity index (χ0n) is 21.2. The third-order valence-electron chi connectivity index (χ3n) is 6.15. The van der Waals surface area contributed by atoms with Crippen molar-refractivity contribution in [2.24, 2.45) is 5.92 Å². The van der Waals surface area contributed by atoms with Crippen molar-refractivity contribution in [2.45, 2.75) is 51.3 Å². The molecular weight excluding hydrogens is 500 g/mol. The summed E-state index contributed by atoms with van der Waals surface area (Å²) >= 11 is 6.36. The number of carbonyl (C=O) groups is 1. The summed E-state index contributed by atoms with van der Waals surface area (Å²) in [6.07, 6.45) is 5.43. The van der Waals surface area contributed by atoms with Crippen molar-refractivity contribution in [1.82, 2.24) is 14.3 Å². The third-order valence-corrected chi connectivity index (χ3v) is 6.53. The van der Waals surface area contributed by atoms with Crippen LogP contribution in [0, 0.1) is 5.92 Å². The van der Waals surface area contributed by atoms with Crippen molar-refractivity contribution in [2.75, 3.05) is 25.6 Å². The van der Waals surface area contributed by atoms with E-state index in [1.807, 2.05) is 0 Å². The number of benzene rings is 1. The first-order chi connectivity index (χ1) is 17.6. The van der Waals surface area contributed by atoms with Crippen LogP contribution in [0.15, 0.2) is 42.7 Å². The minimum Gasteiger partial charge on any atom is -0.495 e. The number of halogens is 1. The van der Waals surface area contributed by atoms with Gasteiger partial charge in [0.15, 0.2) is 11.7 Å². The first-order valence-corrected chi connectivity index (χ1v) is 12.6. The standard InChI is InChI=1S/C26H33ClN4O6/c1-26(2,34)16-30-10-7-22(29-30)28-25(33)19(13-17-8-11-36-12-9-17)31-15-18(14-23(31)32)37-21-6-4-5-20(35-3)24(21)27/h4-7,10,14-15,17,19,32,34H,8-9,11-13,16H2,1-3H3,(H,28,29,33)/t19-/m0/s1. The van der Waals surface area contributed by atoms with E-state index in [9.17, 15) is 15.0 Å². The maximum absolute atomic E-state index is 13.5. The van der Waals surface area contributed by atoms with Crippen LogP contribution in [-0.2, 0) is 16.1 Å². The highest BCUT2D eigenvalue weighted by Gasteiger charge is 2.29. The molecule has 3 aromatic rings. The van der Waals surface area contributed by atoms with Crippen LogP contribution in [0.5, 0.6) is 23.1 Å². The topological polar surface area (TPSA) is 120 Å². The van der Waals surface area contributed by atoms with Gasteiger partial charge in [0.25, 0.3) is 0 Å². The summed E-state index contributed by atoms with van der Waals surface area (Å²) in [6, 6.07) is 7.54. The van der Waals surface area contributed by atoms with E-state index in [2.05, 4.69) is 10.4 Å². The van der Waals surface area contributed by atoms with Crippen molar-refractivity contribution >= 4 is 23.3 Å². The maximum Gasteiger partial charge on any atom is 0.248 e.